The van der Waals surface area contributed by atoms with Gasteiger partial charge in [-0.05, 0) is 22.0 Å². The van der Waals surface area contributed by atoms with Gasteiger partial charge in [0.15, 0.2) is 0 Å². The number of hydrogen-bond donors (Lipinski definition) is 1. The Kier molecular flexibility index (Phi) is 3.87. The summed E-state index contributed by atoms with van der Waals surface area (Å²) in [7, 11) is 0. The van der Waals surface area contributed by atoms with Gasteiger partial charge < -0.3 is 15.4 Å². The van der Waals surface area contributed by atoms with Crippen LogP contribution >= 0.6 is 0 Å². The van der Waals surface area contributed by atoms with Gasteiger partial charge in [-0.1, -0.05) is 0 Å². The number of nitrogens with one attached hydrogen (secondary N) is 1. The lowest BCUT2D eigenvalue weighted by atomic mass is 10.3. The predicted molar refractivity (Wildman–Crippen MR) is 66.4 cm³/mol. The molecule has 0 aliphatic heterocycles. The minimum absolute atomic E-state index is 0.163. The maximum Gasteiger partial charge on any atom is 0.491 e. The molecule has 0 saturated heterocycles. The van der Waals surface area contributed by atoms with Crippen LogP contribution in [0.2, 0.25) is 0 Å². The van der Waals surface area contributed by atoms with E-state index in [9.17, 15) is 23.7 Å². The third-order valence-corrected chi connectivity index (χ3v) is 2.51. The molecule has 0 fully saturated rings. The van der Waals surface area contributed by atoms with Gasteiger partial charge in [0, 0.05) is 18.1 Å². The highest BCUT2D eigenvalue weighted by Gasteiger charge is 2.20. The van der Waals surface area contributed by atoms with E-state index in [0.29, 0.717) is 6.07 Å². The van der Waals surface area contributed by atoms with Crippen LogP contribution in [0.4, 0.5) is 20.4 Å². The molecule has 1 aromatic carbocycles. The summed E-state index contributed by atoms with van der Waals surface area (Å²) < 4.78 is 27.1. The van der Waals surface area contributed by atoms with Gasteiger partial charge in [0.05, 0.1) is 5.69 Å². The first kappa shape index (κ1) is 14.5. The Morgan fingerprint density at radius 3 is 2.76 bits per heavy atom. The van der Waals surface area contributed by atoms with Crippen LogP contribution in [-0.4, -0.2) is 25.6 Å². The average Bonchev–Trinajstić information content (AvgIpc) is 2.75. The zero-order valence-corrected chi connectivity index (χ0v) is 10.7. The Hall–Kier alpha value is -2.91. The standard InChI is InChI=1S/C11H9F2N5O3/c1-6-14-11(18(20)21)16-17(6)5-10(19)15-9-3-2-7(12)4-8(9)13/h2-4H,5H2,1H3,(H,15,19). The van der Waals surface area contributed by atoms with Gasteiger partial charge in [0.2, 0.25) is 11.7 Å². The lowest BCUT2D eigenvalue weighted by molar-refractivity contribution is -0.394. The second kappa shape index (κ2) is 5.61. The van der Waals surface area contributed by atoms with Crippen LogP contribution in [0.3, 0.4) is 0 Å². The molecule has 2 rings (SSSR count). The molecule has 1 amide bonds. The summed E-state index contributed by atoms with van der Waals surface area (Å²) in [5.74, 6) is -2.84. The van der Waals surface area contributed by atoms with E-state index in [1.807, 2.05) is 0 Å². The minimum Gasteiger partial charge on any atom is -0.390 e. The zero-order chi connectivity index (χ0) is 15.6. The molecular weight excluding hydrogens is 288 g/mol. The lowest BCUT2D eigenvalue weighted by Gasteiger charge is -2.05. The summed E-state index contributed by atoms with van der Waals surface area (Å²) >= 11 is 0. The molecule has 110 valence electrons. The molecular formula is C11H9F2N5O3. The quantitative estimate of drug-likeness (QED) is 0.679. The highest BCUT2D eigenvalue weighted by Crippen LogP contribution is 2.15. The van der Waals surface area contributed by atoms with Crippen LogP contribution in [0.15, 0.2) is 18.2 Å². The summed E-state index contributed by atoms with van der Waals surface area (Å²) in [5.41, 5.74) is -0.200. The Balaban J connectivity index is 2.10. The van der Waals surface area contributed by atoms with Crippen molar-refractivity contribution in [3.05, 3.63) is 45.8 Å². The number of hydrogen-bond acceptors (Lipinski definition) is 5. The van der Waals surface area contributed by atoms with Gasteiger partial charge in [-0.2, -0.15) is 4.68 Å². The molecule has 0 radical (unpaired) electrons. The number of benzene rings is 1. The molecule has 0 saturated carbocycles. The van der Waals surface area contributed by atoms with Gasteiger partial charge in [-0.15, -0.1) is 0 Å². The van der Waals surface area contributed by atoms with Crippen molar-refractivity contribution in [2.24, 2.45) is 0 Å². The first-order chi connectivity index (χ1) is 9.86. The first-order valence-electron chi connectivity index (χ1n) is 5.67. The van der Waals surface area contributed by atoms with Crippen molar-refractivity contribution in [2.45, 2.75) is 13.5 Å². The Morgan fingerprint density at radius 2 is 2.19 bits per heavy atom. The normalized spacial score (nSPS) is 10.4. The number of anilines is 1. The van der Waals surface area contributed by atoms with Crippen molar-refractivity contribution in [3.8, 4) is 0 Å². The third-order valence-electron chi connectivity index (χ3n) is 2.51. The molecule has 0 spiro atoms. The van der Waals surface area contributed by atoms with E-state index < -0.39 is 28.4 Å². The summed E-state index contributed by atoms with van der Waals surface area (Å²) in [6, 6.07) is 2.69. The number of rotatable bonds is 4. The van der Waals surface area contributed by atoms with Gasteiger partial charge in [-0.3, -0.25) is 4.79 Å². The Morgan fingerprint density at radius 1 is 1.48 bits per heavy atom. The summed E-state index contributed by atoms with van der Waals surface area (Å²) in [6.07, 6.45) is 0. The molecule has 10 heteroatoms. The first-order valence-corrected chi connectivity index (χ1v) is 5.67. The number of halogens is 2. The Labute approximate surface area is 116 Å². The summed E-state index contributed by atoms with van der Waals surface area (Å²) in [6.45, 7) is 1.05. The fourth-order valence-corrected chi connectivity index (χ4v) is 1.55. The molecule has 0 unspecified atom stereocenters. The number of aryl methyl sites for hydroxylation is 1. The van der Waals surface area contributed by atoms with Gasteiger partial charge in [-0.25, -0.2) is 8.78 Å². The Bertz CT molecular complexity index is 716. The number of nitrogens with zero attached hydrogens (tertiary/aromatic N) is 4. The minimum atomic E-state index is -0.926. The number of carbonyl (C=O) groups excluding carboxylic acids is 1. The molecule has 21 heavy (non-hydrogen) atoms. The van der Waals surface area contributed by atoms with E-state index in [1.54, 1.807) is 0 Å². The topological polar surface area (TPSA) is 103 Å². The van der Waals surface area contributed by atoms with E-state index >= 15 is 0 Å². The van der Waals surface area contributed by atoms with Crippen LogP contribution in [0.1, 0.15) is 5.82 Å². The van der Waals surface area contributed by atoms with Crippen molar-refractivity contribution in [2.75, 3.05) is 5.32 Å². The smallest absolute Gasteiger partial charge is 0.390 e. The summed E-state index contributed by atoms with van der Waals surface area (Å²) in [4.78, 5) is 25.0. The average molecular weight is 297 g/mol. The van der Waals surface area contributed by atoms with E-state index in [1.165, 1.54) is 6.92 Å². The van der Waals surface area contributed by atoms with E-state index in [-0.39, 0.29) is 18.1 Å². The van der Waals surface area contributed by atoms with Crippen LogP contribution in [0.5, 0.6) is 0 Å². The molecule has 0 atom stereocenters. The van der Waals surface area contributed by atoms with Gasteiger partial charge >= 0.3 is 5.95 Å². The number of nitro groups is 1. The maximum atomic E-state index is 13.4. The predicted octanol–water partition coefficient (Wildman–Crippen LogP) is 1.41. The van der Waals surface area contributed by atoms with E-state index in [0.717, 1.165) is 16.8 Å². The zero-order valence-electron chi connectivity index (χ0n) is 10.7. The molecule has 1 heterocycles. The molecule has 8 nitrogen and oxygen atoms in total. The van der Waals surface area contributed by atoms with Crippen molar-refractivity contribution in [3.63, 3.8) is 0 Å². The third kappa shape index (κ3) is 3.35. The highest BCUT2D eigenvalue weighted by molar-refractivity contribution is 5.90. The monoisotopic (exact) mass is 297 g/mol. The fraction of sp³-hybridized carbons (Fsp3) is 0.182. The fourth-order valence-electron chi connectivity index (χ4n) is 1.55. The molecule has 0 aliphatic carbocycles. The van der Waals surface area contributed by atoms with Crippen LogP contribution in [0.25, 0.3) is 0 Å². The SMILES string of the molecule is Cc1nc([N+](=O)[O-])nn1CC(=O)Nc1ccc(F)cc1F. The van der Waals surface area contributed by atoms with Gasteiger partial charge in [0.25, 0.3) is 0 Å². The maximum absolute atomic E-state index is 13.4. The number of carbonyl (C=O) groups is 1. The van der Waals surface area contributed by atoms with E-state index in [2.05, 4.69) is 15.4 Å². The van der Waals surface area contributed by atoms with Crippen molar-refractivity contribution in [1.29, 1.82) is 0 Å². The molecule has 1 N–H and O–H groups in total. The molecule has 0 bridgehead atoms. The van der Waals surface area contributed by atoms with E-state index in [4.69, 9.17) is 0 Å². The molecule has 0 aliphatic rings. The lowest BCUT2D eigenvalue weighted by Crippen LogP contribution is -2.21. The van der Waals surface area contributed by atoms with Crippen LogP contribution < -0.4 is 5.32 Å². The van der Waals surface area contributed by atoms with Crippen molar-refractivity contribution < 1.29 is 18.5 Å². The highest BCUT2D eigenvalue weighted by atomic mass is 19.1. The largest absolute Gasteiger partial charge is 0.491 e. The van der Waals surface area contributed by atoms with Crippen LogP contribution in [-0.2, 0) is 11.3 Å². The number of aromatic nitrogens is 3. The molecule has 1 aromatic heterocycles. The van der Waals surface area contributed by atoms with Crippen LogP contribution in [0, 0.1) is 28.7 Å². The van der Waals surface area contributed by atoms with Gasteiger partial charge in [0.1, 0.15) is 18.2 Å². The second-order valence-electron chi connectivity index (χ2n) is 4.05. The molecule has 2 aromatic rings. The van der Waals surface area contributed by atoms with Crippen molar-refractivity contribution >= 4 is 17.5 Å². The number of amides is 1. The summed E-state index contributed by atoms with van der Waals surface area (Å²) in [5, 5.41) is 16.2. The second-order valence-corrected chi connectivity index (χ2v) is 4.05. The van der Waals surface area contributed by atoms with Crippen molar-refractivity contribution in [1.82, 2.24) is 14.8 Å².